The second-order valence-corrected chi connectivity index (χ2v) is 3.94. The third kappa shape index (κ3) is 1.58. The van der Waals surface area contributed by atoms with E-state index in [1.807, 2.05) is 18.2 Å². The minimum absolute atomic E-state index is 0.133. The molecule has 0 bridgehead atoms. The molecule has 1 aromatic heterocycles. The van der Waals surface area contributed by atoms with Crippen LogP contribution in [0, 0.1) is 5.92 Å². The fourth-order valence-corrected chi connectivity index (χ4v) is 1.60. The second-order valence-electron chi connectivity index (χ2n) is 3.94. The summed E-state index contributed by atoms with van der Waals surface area (Å²) < 4.78 is 0. The fraction of sp³-hybridized carbons (Fsp3) is 0.273. The van der Waals surface area contributed by atoms with E-state index in [1.165, 1.54) is 0 Å². The number of rotatable bonds is 2. The van der Waals surface area contributed by atoms with Gasteiger partial charge in [-0.05, 0) is 31.0 Å². The molecule has 0 radical (unpaired) electrons. The molecule has 1 saturated carbocycles. The van der Waals surface area contributed by atoms with E-state index in [9.17, 15) is 4.79 Å². The number of H-pyrrole nitrogens is 1. The largest absolute Gasteiger partial charge is 0.326 e. The Morgan fingerprint density at radius 3 is 3.13 bits per heavy atom. The van der Waals surface area contributed by atoms with Crippen molar-refractivity contribution in [1.29, 1.82) is 0 Å². The minimum Gasteiger partial charge on any atom is -0.326 e. The fourth-order valence-electron chi connectivity index (χ4n) is 1.60. The van der Waals surface area contributed by atoms with Crippen molar-refractivity contribution in [3.05, 3.63) is 24.4 Å². The van der Waals surface area contributed by atoms with Gasteiger partial charge in [-0.25, -0.2) is 0 Å². The molecular formula is C11H11N3O. The molecule has 0 aliphatic heterocycles. The molecular weight excluding hydrogens is 190 g/mol. The summed E-state index contributed by atoms with van der Waals surface area (Å²) in [4.78, 5) is 11.5. The van der Waals surface area contributed by atoms with Crippen LogP contribution in [0.1, 0.15) is 12.8 Å². The first-order valence-electron chi connectivity index (χ1n) is 5.07. The number of amides is 1. The van der Waals surface area contributed by atoms with Crippen LogP contribution in [0.3, 0.4) is 0 Å². The number of carbonyl (C=O) groups is 1. The van der Waals surface area contributed by atoms with Crippen molar-refractivity contribution in [3.8, 4) is 0 Å². The number of aromatic amines is 1. The van der Waals surface area contributed by atoms with Gasteiger partial charge in [0.1, 0.15) is 0 Å². The number of hydrogen-bond donors (Lipinski definition) is 2. The molecule has 0 saturated heterocycles. The average Bonchev–Trinajstić information content (AvgIpc) is 2.98. The van der Waals surface area contributed by atoms with E-state index in [4.69, 9.17) is 0 Å². The average molecular weight is 201 g/mol. The molecule has 1 fully saturated rings. The number of anilines is 1. The van der Waals surface area contributed by atoms with Gasteiger partial charge in [-0.1, -0.05) is 0 Å². The van der Waals surface area contributed by atoms with Crippen LogP contribution in [0.4, 0.5) is 5.69 Å². The van der Waals surface area contributed by atoms with Crippen LogP contribution in [0.5, 0.6) is 0 Å². The Morgan fingerprint density at radius 1 is 1.47 bits per heavy atom. The van der Waals surface area contributed by atoms with E-state index in [-0.39, 0.29) is 11.8 Å². The van der Waals surface area contributed by atoms with Crippen LogP contribution >= 0.6 is 0 Å². The third-order valence-corrected chi connectivity index (χ3v) is 2.66. The predicted molar refractivity (Wildman–Crippen MR) is 57.4 cm³/mol. The molecule has 76 valence electrons. The lowest BCUT2D eigenvalue weighted by Gasteiger charge is -2.03. The predicted octanol–water partition coefficient (Wildman–Crippen LogP) is 1.91. The van der Waals surface area contributed by atoms with Gasteiger partial charge < -0.3 is 5.32 Å². The van der Waals surface area contributed by atoms with E-state index in [0.717, 1.165) is 29.4 Å². The van der Waals surface area contributed by atoms with Crippen molar-refractivity contribution in [1.82, 2.24) is 10.2 Å². The van der Waals surface area contributed by atoms with Gasteiger partial charge in [0.25, 0.3) is 0 Å². The van der Waals surface area contributed by atoms with Crippen LogP contribution in [0.2, 0.25) is 0 Å². The molecule has 2 aromatic rings. The maximum atomic E-state index is 11.5. The first kappa shape index (κ1) is 8.47. The first-order chi connectivity index (χ1) is 7.33. The summed E-state index contributed by atoms with van der Waals surface area (Å²) in [5, 5.41) is 10.8. The van der Waals surface area contributed by atoms with Gasteiger partial charge in [-0.3, -0.25) is 9.89 Å². The second kappa shape index (κ2) is 3.08. The van der Waals surface area contributed by atoms with Crippen molar-refractivity contribution in [2.75, 3.05) is 5.32 Å². The zero-order valence-corrected chi connectivity index (χ0v) is 8.16. The molecule has 0 atom stereocenters. The van der Waals surface area contributed by atoms with Gasteiger partial charge in [-0.2, -0.15) is 5.10 Å². The highest BCUT2D eigenvalue weighted by Crippen LogP contribution is 2.30. The monoisotopic (exact) mass is 201 g/mol. The zero-order chi connectivity index (χ0) is 10.3. The molecule has 1 aliphatic rings. The number of aromatic nitrogens is 2. The molecule has 15 heavy (non-hydrogen) atoms. The molecule has 4 nitrogen and oxygen atoms in total. The zero-order valence-electron chi connectivity index (χ0n) is 8.16. The Hall–Kier alpha value is -1.84. The van der Waals surface area contributed by atoms with E-state index < -0.39 is 0 Å². The number of carbonyl (C=O) groups excluding carboxylic acids is 1. The third-order valence-electron chi connectivity index (χ3n) is 2.66. The van der Waals surface area contributed by atoms with Crippen LogP contribution in [-0.2, 0) is 4.79 Å². The molecule has 0 unspecified atom stereocenters. The van der Waals surface area contributed by atoms with E-state index >= 15 is 0 Å². The number of hydrogen-bond acceptors (Lipinski definition) is 2. The Morgan fingerprint density at radius 2 is 2.33 bits per heavy atom. The molecule has 3 rings (SSSR count). The molecule has 1 amide bonds. The lowest BCUT2D eigenvalue weighted by atomic mass is 10.2. The Balaban J connectivity index is 1.86. The summed E-state index contributed by atoms with van der Waals surface area (Å²) >= 11 is 0. The maximum absolute atomic E-state index is 11.5. The van der Waals surface area contributed by atoms with Crippen LogP contribution in [0.15, 0.2) is 24.4 Å². The lowest BCUT2D eigenvalue weighted by Crippen LogP contribution is -2.12. The summed E-state index contributed by atoms with van der Waals surface area (Å²) in [5.74, 6) is 0.372. The van der Waals surface area contributed by atoms with Crippen molar-refractivity contribution < 1.29 is 4.79 Å². The highest BCUT2D eigenvalue weighted by atomic mass is 16.2. The van der Waals surface area contributed by atoms with Crippen molar-refractivity contribution >= 4 is 22.5 Å². The number of benzene rings is 1. The smallest absolute Gasteiger partial charge is 0.227 e. The maximum Gasteiger partial charge on any atom is 0.227 e. The standard InChI is InChI=1S/C11H11N3O/c15-11(7-1-2-7)13-9-4-3-8-6-12-14-10(8)5-9/h3-7H,1-2H2,(H,12,14)(H,13,15). The molecule has 2 N–H and O–H groups in total. The summed E-state index contributed by atoms with van der Waals surface area (Å²) in [7, 11) is 0. The van der Waals surface area contributed by atoms with Crippen LogP contribution in [-0.4, -0.2) is 16.1 Å². The van der Waals surface area contributed by atoms with Gasteiger partial charge in [0, 0.05) is 17.0 Å². The number of nitrogens with zero attached hydrogens (tertiary/aromatic N) is 1. The quantitative estimate of drug-likeness (QED) is 0.779. The SMILES string of the molecule is O=C(Nc1ccc2cn[nH]c2c1)C1CC1. The van der Waals surface area contributed by atoms with E-state index in [0.29, 0.717) is 0 Å². The topological polar surface area (TPSA) is 57.8 Å². The van der Waals surface area contributed by atoms with Gasteiger partial charge in [0.2, 0.25) is 5.91 Å². The summed E-state index contributed by atoms with van der Waals surface area (Å²) in [6.45, 7) is 0. The summed E-state index contributed by atoms with van der Waals surface area (Å²) in [6.07, 6.45) is 3.82. The van der Waals surface area contributed by atoms with Gasteiger partial charge in [0.15, 0.2) is 0 Å². The molecule has 1 aliphatic carbocycles. The Kier molecular flexibility index (Phi) is 1.74. The lowest BCUT2D eigenvalue weighted by molar-refractivity contribution is -0.117. The summed E-state index contributed by atoms with van der Waals surface area (Å²) in [5.41, 5.74) is 1.78. The van der Waals surface area contributed by atoms with Crippen LogP contribution < -0.4 is 5.32 Å². The van der Waals surface area contributed by atoms with E-state index in [2.05, 4.69) is 15.5 Å². The normalized spacial score (nSPS) is 15.5. The van der Waals surface area contributed by atoms with Crippen LogP contribution in [0.25, 0.3) is 10.9 Å². The van der Waals surface area contributed by atoms with Crippen molar-refractivity contribution in [2.45, 2.75) is 12.8 Å². The highest BCUT2D eigenvalue weighted by Gasteiger charge is 2.29. The first-order valence-corrected chi connectivity index (χ1v) is 5.07. The highest BCUT2D eigenvalue weighted by molar-refractivity contribution is 5.95. The number of fused-ring (bicyclic) bond motifs is 1. The number of nitrogens with one attached hydrogen (secondary N) is 2. The molecule has 0 spiro atoms. The van der Waals surface area contributed by atoms with Crippen molar-refractivity contribution in [3.63, 3.8) is 0 Å². The minimum atomic E-state index is 0.133. The van der Waals surface area contributed by atoms with Gasteiger partial charge in [0.05, 0.1) is 11.7 Å². The van der Waals surface area contributed by atoms with Crippen molar-refractivity contribution in [2.24, 2.45) is 5.92 Å². The van der Waals surface area contributed by atoms with Gasteiger partial charge >= 0.3 is 0 Å². The molecule has 1 heterocycles. The summed E-state index contributed by atoms with van der Waals surface area (Å²) in [6, 6.07) is 5.75. The van der Waals surface area contributed by atoms with Gasteiger partial charge in [-0.15, -0.1) is 0 Å². The Bertz CT molecular complexity index is 513. The Labute approximate surface area is 86.7 Å². The molecule has 1 aromatic carbocycles. The molecule has 4 heteroatoms. The van der Waals surface area contributed by atoms with E-state index in [1.54, 1.807) is 6.20 Å².